The largest absolute Gasteiger partial charge is 0.481 e. The van der Waals surface area contributed by atoms with E-state index >= 15 is 0 Å². The number of allylic oxidation sites excluding steroid dienone is 1. The molecule has 1 atom stereocenters. The molecule has 166 valence electrons. The van der Waals surface area contributed by atoms with Crippen molar-refractivity contribution in [3.8, 4) is 0 Å². The van der Waals surface area contributed by atoms with Crippen molar-refractivity contribution in [2.75, 3.05) is 11.4 Å². The molecule has 1 spiro atoms. The fourth-order valence-corrected chi connectivity index (χ4v) is 5.19. The molecule has 0 radical (unpaired) electrons. The minimum atomic E-state index is -1.03. The second kappa shape index (κ2) is 7.73. The van der Waals surface area contributed by atoms with Crippen molar-refractivity contribution in [2.24, 2.45) is 5.41 Å². The quantitative estimate of drug-likeness (QED) is 0.510. The fraction of sp³-hybridized carbons (Fsp3) is 0.241. The number of benzene rings is 3. The van der Waals surface area contributed by atoms with Crippen LogP contribution in [0.1, 0.15) is 35.6 Å². The van der Waals surface area contributed by atoms with Crippen molar-refractivity contribution in [2.45, 2.75) is 32.8 Å². The van der Waals surface area contributed by atoms with Crippen LogP contribution in [0, 0.1) is 19.3 Å². The fourth-order valence-electron chi connectivity index (χ4n) is 5.19. The average molecular weight is 438 g/mol. The lowest BCUT2D eigenvalue weighted by atomic mass is 9.72. The molecule has 1 amide bonds. The van der Waals surface area contributed by atoms with Crippen LogP contribution in [0.2, 0.25) is 0 Å². The van der Waals surface area contributed by atoms with Crippen molar-refractivity contribution in [1.29, 1.82) is 0 Å². The minimum Gasteiger partial charge on any atom is -0.481 e. The van der Waals surface area contributed by atoms with Gasteiger partial charge in [0.05, 0.1) is 0 Å². The number of carbonyl (C=O) groups is 2. The molecule has 3 aromatic carbocycles. The molecule has 2 heterocycles. The summed E-state index contributed by atoms with van der Waals surface area (Å²) in [6, 6.07) is 25.9. The molecule has 2 saturated heterocycles. The molecule has 0 aromatic heterocycles. The Hall–Kier alpha value is -3.66. The third-order valence-electron chi connectivity index (χ3n) is 6.97. The minimum absolute atomic E-state index is 0.272. The normalized spacial score (nSPS) is 22.9. The van der Waals surface area contributed by atoms with Crippen LogP contribution in [0.5, 0.6) is 0 Å². The van der Waals surface area contributed by atoms with E-state index in [0.717, 1.165) is 27.9 Å². The number of anilines is 1. The number of para-hydroxylation sites is 1. The third kappa shape index (κ3) is 3.20. The van der Waals surface area contributed by atoms with E-state index in [1.165, 1.54) is 0 Å². The standard InChI is InChI=1S/C29H27NO3/c1-4-25-28(19-30(27(32)26(28)31)24-8-6-5-7-9-24)18-29(33-25,22-14-10-20(2)11-15-22)23-16-12-21(3)13-17-23/h4-17H,18-19H2,1-3H3/b25-4-/t28-/m1/s1. The molecule has 4 heteroatoms. The van der Waals surface area contributed by atoms with E-state index in [0.29, 0.717) is 12.2 Å². The van der Waals surface area contributed by atoms with Crippen LogP contribution in [-0.4, -0.2) is 18.2 Å². The van der Waals surface area contributed by atoms with Crippen LogP contribution < -0.4 is 4.90 Å². The topological polar surface area (TPSA) is 46.6 Å². The smallest absolute Gasteiger partial charge is 0.295 e. The molecule has 2 aliphatic rings. The van der Waals surface area contributed by atoms with Gasteiger partial charge in [-0.2, -0.15) is 0 Å². The summed E-state index contributed by atoms with van der Waals surface area (Å²) in [6.45, 7) is 6.25. The summed E-state index contributed by atoms with van der Waals surface area (Å²) in [5.74, 6) is -0.311. The van der Waals surface area contributed by atoms with E-state index in [-0.39, 0.29) is 6.54 Å². The van der Waals surface area contributed by atoms with Gasteiger partial charge in [0.2, 0.25) is 5.78 Å². The maximum absolute atomic E-state index is 13.6. The highest BCUT2D eigenvalue weighted by Crippen LogP contribution is 2.58. The SMILES string of the molecule is C/C=C1\OC(c2ccc(C)cc2)(c2ccc(C)cc2)C[C@@]12CN(c1ccccc1)C(=O)C2=O. The molecule has 0 unspecified atom stereocenters. The first kappa shape index (κ1) is 21.2. The number of aryl methyl sites for hydroxylation is 2. The molecule has 2 aliphatic heterocycles. The molecular formula is C29H27NO3. The zero-order valence-corrected chi connectivity index (χ0v) is 19.2. The third-order valence-corrected chi connectivity index (χ3v) is 6.97. The van der Waals surface area contributed by atoms with E-state index in [1.807, 2.05) is 57.2 Å². The molecule has 0 saturated carbocycles. The number of carbonyl (C=O) groups excluding carboxylic acids is 2. The number of hydrogen-bond donors (Lipinski definition) is 0. The Morgan fingerprint density at radius 2 is 1.36 bits per heavy atom. The summed E-state index contributed by atoms with van der Waals surface area (Å²) in [7, 11) is 0. The van der Waals surface area contributed by atoms with E-state index in [4.69, 9.17) is 4.74 Å². The van der Waals surface area contributed by atoms with Gasteiger partial charge >= 0.3 is 0 Å². The number of nitrogens with zero attached hydrogens (tertiary/aromatic N) is 1. The maximum Gasteiger partial charge on any atom is 0.295 e. The van der Waals surface area contributed by atoms with Gasteiger partial charge in [0, 0.05) is 18.7 Å². The number of ketones is 1. The molecule has 33 heavy (non-hydrogen) atoms. The Morgan fingerprint density at radius 1 is 0.818 bits per heavy atom. The molecular weight excluding hydrogens is 410 g/mol. The first-order valence-corrected chi connectivity index (χ1v) is 11.3. The van der Waals surface area contributed by atoms with Gasteiger partial charge in [-0.3, -0.25) is 9.59 Å². The second-order valence-corrected chi connectivity index (χ2v) is 9.13. The first-order valence-electron chi connectivity index (χ1n) is 11.3. The number of hydrogen-bond acceptors (Lipinski definition) is 3. The van der Waals surface area contributed by atoms with Crippen molar-refractivity contribution in [3.63, 3.8) is 0 Å². The van der Waals surface area contributed by atoms with Gasteiger partial charge in [0.25, 0.3) is 5.91 Å². The van der Waals surface area contributed by atoms with E-state index in [2.05, 4.69) is 48.5 Å². The average Bonchev–Trinajstić information content (AvgIpc) is 3.31. The Kier molecular flexibility index (Phi) is 4.97. The lowest BCUT2D eigenvalue weighted by molar-refractivity contribution is -0.137. The number of Topliss-reactive ketones (excluding diaryl/α,β-unsaturated/α-hetero) is 1. The summed E-state index contributed by atoms with van der Waals surface area (Å²) in [5.41, 5.74) is 3.10. The maximum atomic E-state index is 13.6. The van der Waals surface area contributed by atoms with E-state index in [9.17, 15) is 9.59 Å². The summed E-state index contributed by atoms with van der Waals surface area (Å²) in [6.07, 6.45) is 2.23. The number of amides is 1. The van der Waals surface area contributed by atoms with Crippen LogP contribution >= 0.6 is 0 Å². The Labute approximate surface area is 194 Å². The molecule has 0 N–H and O–H groups in total. The Balaban J connectivity index is 1.67. The van der Waals surface area contributed by atoms with Gasteiger partial charge in [-0.1, -0.05) is 77.9 Å². The van der Waals surface area contributed by atoms with Gasteiger partial charge in [-0.25, -0.2) is 0 Å². The highest BCUT2D eigenvalue weighted by atomic mass is 16.5. The molecule has 3 aromatic rings. The lowest BCUT2D eigenvalue weighted by Crippen LogP contribution is -2.34. The van der Waals surface area contributed by atoms with Gasteiger partial charge in [0.15, 0.2) is 5.60 Å². The van der Waals surface area contributed by atoms with Crippen LogP contribution in [0.3, 0.4) is 0 Å². The molecule has 0 bridgehead atoms. The highest BCUT2D eigenvalue weighted by molar-refractivity contribution is 6.46. The first-order chi connectivity index (χ1) is 15.9. The van der Waals surface area contributed by atoms with Crippen molar-refractivity contribution in [1.82, 2.24) is 0 Å². The summed E-state index contributed by atoms with van der Waals surface area (Å²) in [5, 5.41) is 0. The van der Waals surface area contributed by atoms with Gasteiger partial charge in [-0.15, -0.1) is 0 Å². The predicted molar refractivity (Wildman–Crippen MR) is 129 cm³/mol. The highest BCUT2D eigenvalue weighted by Gasteiger charge is 2.65. The molecule has 0 aliphatic carbocycles. The number of rotatable bonds is 3. The van der Waals surface area contributed by atoms with E-state index in [1.54, 1.807) is 4.90 Å². The van der Waals surface area contributed by atoms with Crippen molar-refractivity contribution < 1.29 is 14.3 Å². The Morgan fingerprint density at radius 3 is 1.88 bits per heavy atom. The summed E-state index contributed by atoms with van der Waals surface area (Å²) >= 11 is 0. The molecule has 5 rings (SSSR count). The van der Waals surface area contributed by atoms with Crippen molar-refractivity contribution >= 4 is 17.4 Å². The van der Waals surface area contributed by atoms with E-state index < -0.39 is 22.7 Å². The second-order valence-electron chi connectivity index (χ2n) is 9.13. The van der Waals surface area contributed by atoms with Crippen LogP contribution in [0.15, 0.2) is 90.7 Å². The zero-order valence-electron chi connectivity index (χ0n) is 19.2. The number of ether oxygens (including phenoxy) is 1. The monoisotopic (exact) mass is 437 g/mol. The van der Waals surface area contributed by atoms with Gasteiger partial charge in [0.1, 0.15) is 11.2 Å². The van der Waals surface area contributed by atoms with Crippen LogP contribution in [0.4, 0.5) is 5.69 Å². The van der Waals surface area contributed by atoms with Crippen LogP contribution in [0.25, 0.3) is 0 Å². The molecule has 2 fully saturated rings. The zero-order chi connectivity index (χ0) is 23.2. The van der Waals surface area contributed by atoms with Gasteiger partial charge in [-0.05, 0) is 50.1 Å². The lowest BCUT2D eigenvalue weighted by Gasteiger charge is -2.30. The predicted octanol–water partition coefficient (Wildman–Crippen LogP) is 5.47. The summed E-state index contributed by atoms with van der Waals surface area (Å²) < 4.78 is 6.75. The van der Waals surface area contributed by atoms with Gasteiger partial charge < -0.3 is 9.64 Å². The summed E-state index contributed by atoms with van der Waals surface area (Å²) in [4.78, 5) is 28.4. The van der Waals surface area contributed by atoms with Crippen molar-refractivity contribution in [3.05, 3.63) is 113 Å². The Bertz CT molecular complexity index is 1200. The van der Waals surface area contributed by atoms with Crippen LogP contribution in [-0.2, 0) is 19.9 Å². The molecule has 4 nitrogen and oxygen atoms in total.